The topological polar surface area (TPSA) is 111 Å². The van der Waals surface area contributed by atoms with Crippen LogP contribution in [0.5, 0.6) is 0 Å². The summed E-state index contributed by atoms with van der Waals surface area (Å²) in [6.07, 6.45) is 2.10. The van der Waals surface area contributed by atoms with Gasteiger partial charge in [0.1, 0.15) is 11.6 Å². The van der Waals surface area contributed by atoms with Gasteiger partial charge in [0, 0.05) is 19.7 Å². The number of Topliss-reactive ketones (excluding diaryl/α,β-unsaturated/α-hetero) is 1. The first-order chi connectivity index (χ1) is 10.1. The van der Waals surface area contributed by atoms with Gasteiger partial charge in [-0.2, -0.15) is 5.10 Å². The second-order valence-corrected chi connectivity index (χ2v) is 5.90. The number of carbonyl (C=O) groups is 3. The summed E-state index contributed by atoms with van der Waals surface area (Å²) >= 11 is 0. The number of carbonyl (C=O) groups excluding carboxylic acids is 2. The minimum absolute atomic E-state index is 0.0154. The summed E-state index contributed by atoms with van der Waals surface area (Å²) in [6.45, 7) is 5.02. The van der Waals surface area contributed by atoms with Crippen molar-refractivity contribution in [1.29, 1.82) is 0 Å². The Morgan fingerprint density at radius 1 is 1.41 bits per heavy atom. The number of amides is 1. The molecule has 0 radical (unpaired) electrons. The number of hydrogen-bond donors (Lipinski definition) is 2. The van der Waals surface area contributed by atoms with Crippen molar-refractivity contribution in [2.24, 2.45) is 7.05 Å². The minimum atomic E-state index is -1.22. The third-order valence-electron chi connectivity index (χ3n) is 2.68. The van der Waals surface area contributed by atoms with Gasteiger partial charge in [-0.15, -0.1) is 0 Å². The molecule has 0 aliphatic carbocycles. The number of aryl methyl sites for hydroxylation is 1. The lowest BCUT2D eigenvalue weighted by atomic mass is 10.1. The molecule has 0 bridgehead atoms. The van der Waals surface area contributed by atoms with Crippen LogP contribution in [0.1, 0.15) is 44.0 Å². The van der Waals surface area contributed by atoms with Gasteiger partial charge in [-0.05, 0) is 27.2 Å². The van der Waals surface area contributed by atoms with E-state index in [2.05, 4.69) is 10.4 Å². The van der Waals surface area contributed by atoms with Gasteiger partial charge >= 0.3 is 12.1 Å². The van der Waals surface area contributed by atoms with Crippen LogP contribution in [-0.4, -0.2) is 44.4 Å². The van der Waals surface area contributed by atoms with Crippen LogP contribution in [0.25, 0.3) is 0 Å². The fourth-order valence-electron chi connectivity index (χ4n) is 1.69. The molecule has 8 nitrogen and oxygen atoms in total. The summed E-state index contributed by atoms with van der Waals surface area (Å²) in [4.78, 5) is 34.7. The Morgan fingerprint density at radius 2 is 2.05 bits per heavy atom. The minimum Gasteiger partial charge on any atom is -0.480 e. The van der Waals surface area contributed by atoms with Crippen LogP contribution in [0, 0.1) is 0 Å². The molecule has 0 saturated carbocycles. The summed E-state index contributed by atoms with van der Waals surface area (Å²) in [5, 5.41) is 15.2. The number of ether oxygens (including phenoxy) is 1. The maximum Gasteiger partial charge on any atom is 0.408 e. The highest BCUT2D eigenvalue weighted by Crippen LogP contribution is 2.09. The van der Waals surface area contributed by atoms with Gasteiger partial charge in [0.2, 0.25) is 0 Å². The van der Waals surface area contributed by atoms with E-state index in [9.17, 15) is 14.4 Å². The maximum atomic E-state index is 11.9. The molecule has 0 aliphatic rings. The lowest BCUT2D eigenvalue weighted by molar-refractivity contribution is -0.139. The predicted octanol–water partition coefficient (Wildman–Crippen LogP) is 1.36. The second kappa shape index (κ2) is 7.06. The van der Waals surface area contributed by atoms with Crippen molar-refractivity contribution in [3.63, 3.8) is 0 Å². The molecule has 1 aromatic heterocycles. The number of carboxylic acids is 1. The largest absolute Gasteiger partial charge is 0.480 e. The van der Waals surface area contributed by atoms with E-state index in [0.29, 0.717) is 5.56 Å². The molecule has 1 heterocycles. The van der Waals surface area contributed by atoms with Gasteiger partial charge < -0.3 is 15.2 Å². The fourth-order valence-corrected chi connectivity index (χ4v) is 1.69. The number of rotatable bonds is 6. The molecule has 122 valence electrons. The van der Waals surface area contributed by atoms with Crippen LogP contribution in [0.2, 0.25) is 0 Å². The molecule has 0 spiro atoms. The summed E-state index contributed by atoms with van der Waals surface area (Å²) in [6, 6.07) is -1.18. The molecule has 0 aliphatic heterocycles. The molecule has 22 heavy (non-hydrogen) atoms. The standard InChI is InChI=1S/C14H21N3O5/c1-14(2,3)22-13(21)16-10(12(19)20)5-6-11(18)9-7-15-17(4)8-9/h7-8,10H,5-6H2,1-4H3,(H,16,21)(H,19,20)/t10-/m0/s1. The Bertz CT molecular complexity index is 559. The van der Waals surface area contributed by atoms with Gasteiger partial charge in [-0.3, -0.25) is 9.48 Å². The normalized spacial score (nSPS) is 12.5. The second-order valence-electron chi connectivity index (χ2n) is 5.90. The molecular weight excluding hydrogens is 290 g/mol. The van der Waals surface area contributed by atoms with Crippen molar-refractivity contribution in [3.8, 4) is 0 Å². The summed E-state index contributed by atoms with van der Waals surface area (Å²) < 4.78 is 6.49. The fraction of sp³-hybridized carbons (Fsp3) is 0.571. The number of nitrogens with one attached hydrogen (secondary N) is 1. The molecule has 0 fully saturated rings. The molecule has 1 rings (SSSR count). The van der Waals surface area contributed by atoms with E-state index in [1.165, 1.54) is 10.9 Å². The van der Waals surface area contributed by atoms with Crippen LogP contribution in [0.4, 0.5) is 4.79 Å². The van der Waals surface area contributed by atoms with Crippen molar-refractivity contribution >= 4 is 17.8 Å². The Kier molecular flexibility index (Phi) is 5.67. The van der Waals surface area contributed by atoms with Crippen molar-refractivity contribution in [1.82, 2.24) is 15.1 Å². The average Bonchev–Trinajstić information content (AvgIpc) is 2.78. The molecule has 2 N–H and O–H groups in total. The third kappa shape index (κ3) is 5.94. The highest BCUT2D eigenvalue weighted by molar-refractivity contribution is 5.96. The zero-order valence-electron chi connectivity index (χ0n) is 13.1. The first-order valence-corrected chi connectivity index (χ1v) is 6.82. The lowest BCUT2D eigenvalue weighted by Gasteiger charge is -2.21. The average molecular weight is 311 g/mol. The molecular formula is C14H21N3O5. The molecule has 1 aromatic rings. The smallest absolute Gasteiger partial charge is 0.408 e. The van der Waals surface area contributed by atoms with Crippen molar-refractivity contribution in [2.45, 2.75) is 45.3 Å². The molecule has 1 atom stereocenters. The maximum absolute atomic E-state index is 11.9. The number of nitrogens with zero attached hydrogens (tertiary/aromatic N) is 2. The van der Waals surface area contributed by atoms with Gasteiger partial charge in [0.15, 0.2) is 5.78 Å². The number of aliphatic carboxylic acids is 1. The summed E-state index contributed by atoms with van der Waals surface area (Å²) in [5.41, 5.74) is -0.317. The number of aromatic nitrogens is 2. The summed E-state index contributed by atoms with van der Waals surface area (Å²) in [5.74, 6) is -1.45. The monoisotopic (exact) mass is 311 g/mol. The highest BCUT2D eigenvalue weighted by Gasteiger charge is 2.24. The van der Waals surface area contributed by atoms with E-state index in [4.69, 9.17) is 9.84 Å². The van der Waals surface area contributed by atoms with Gasteiger partial charge in [-0.25, -0.2) is 9.59 Å². The van der Waals surface area contributed by atoms with Crippen LogP contribution >= 0.6 is 0 Å². The van der Waals surface area contributed by atoms with Crippen molar-refractivity contribution < 1.29 is 24.2 Å². The first-order valence-electron chi connectivity index (χ1n) is 6.82. The Hall–Kier alpha value is -2.38. The van der Waals surface area contributed by atoms with Gasteiger partial charge in [0.25, 0.3) is 0 Å². The lowest BCUT2D eigenvalue weighted by Crippen LogP contribution is -2.43. The number of hydrogen-bond acceptors (Lipinski definition) is 5. The number of ketones is 1. The van der Waals surface area contributed by atoms with Crippen molar-refractivity contribution in [2.75, 3.05) is 0 Å². The van der Waals surface area contributed by atoms with Crippen LogP contribution < -0.4 is 5.32 Å². The van der Waals surface area contributed by atoms with E-state index in [-0.39, 0.29) is 18.6 Å². The van der Waals surface area contributed by atoms with Gasteiger partial charge in [-0.1, -0.05) is 0 Å². The Morgan fingerprint density at radius 3 is 2.50 bits per heavy atom. The predicted molar refractivity (Wildman–Crippen MR) is 77.6 cm³/mol. The van der Waals surface area contributed by atoms with Crippen LogP contribution in [0.15, 0.2) is 12.4 Å². The zero-order valence-corrected chi connectivity index (χ0v) is 13.1. The van der Waals surface area contributed by atoms with E-state index in [1.807, 2.05) is 0 Å². The molecule has 8 heteroatoms. The van der Waals surface area contributed by atoms with Crippen LogP contribution in [-0.2, 0) is 16.6 Å². The van der Waals surface area contributed by atoms with E-state index in [0.717, 1.165) is 0 Å². The van der Waals surface area contributed by atoms with Gasteiger partial charge in [0.05, 0.1) is 11.8 Å². The first kappa shape index (κ1) is 17.7. The molecule has 0 unspecified atom stereocenters. The van der Waals surface area contributed by atoms with Crippen molar-refractivity contribution in [3.05, 3.63) is 18.0 Å². The number of carboxylic acid groups (broad SMARTS) is 1. The quantitative estimate of drug-likeness (QED) is 0.767. The SMILES string of the molecule is Cn1cc(C(=O)CC[C@H](NC(=O)OC(C)(C)C)C(=O)O)cn1. The van der Waals surface area contributed by atoms with E-state index < -0.39 is 23.7 Å². The Labute approximate surface area is 128 Å². The molecule has 0 aromatic carbocycles. The van der Waals surface area contributed by atoms with E-state index in [1.54, 1.807) is 34.0 Å². The third-order valence-corrected chi connectivity index (χ3v) is 2.68. The van der Waals surface area contributed by atoms with E-state index >= 15 is 0 Å². The molecule has 0 saturated heterocycles. The number of alkyl carbamates (subject to hydrolysis) is 1. The van der Waals surface area contributed by atoms with Crippen LogP contribution in [0.3, 0.4) is 0 Å². The molecule has 1 amide bonds. The zero-order chi connectivity index (χ0) is 16.9. The summed E-state index contributed by atoms with van der Waals surface area (Å²) in [7, 11) is 1.68. The highest BCUT2D eigenvalue weighted by atomic mass is 16.6. The Balaban J connectivity index is 2.56.